The summed E-state index contributed by atoms with van der Waals surface area (Å²) in [5.74, 6) is 0. The van der Waals surface area contributed by atoms with E-state index in [4.69, 9.17) is 17.3 Å². The second-order valence-corrected chi connectivity index (χ2v) is 4.76. The zero-order chi connectivity index (χ0) is 10.8. The van der Waals surface area contributed by atoms with E-state index in [9.17, 15) is 0 Å². The minimum atomic E-state index is 0.678. The molecule has 0 amide bonds. The van der Waals surface area contributed by atoms with Crippen LogP contribution in [0.3, 0.4) is 0 Å². The fourth-order valence-corrected chi connectivity index (χ4v) is 2.38. The molecule has 0 aliphatic carbocycles. The molecule has 2 nitrogen and oxygen atoms in total. The van der Waals surface area contributed by atoms with E-state index in [2.05, 4.69) is 4.98 Å². The van der Waals surface area contributed by atoms with Gasteiger partial charge in [0.15, 0.2) is 0 Å². The summed E-state index contributed by atoms with van der Waals surface area (Å²) in [4.78, 5) is 5.47. The van der Waals surface area contributed by atoms with Crippen LogP contribution in [-0.2, 0) is 6.42 Å². The van der Waals surface area contributed by atoms with E-state index in [1.807, 2.05) is 24.6 Å². The van der Waals surface area contributed by atoms with Crippen molar-refractivity contribution in [3.05, 3.63) is 44.9 Å². The third-order valence-corrected chi connectivity index (χ3v) is 3.47. The van der Waals surface area contributed by atoms with Gasteiger partial charge in [0.25, 0.3) is 0 Å². The Balaban J connectivity index is 2.29. The lowest BCUT2D eigenvalue weighted by atomic mass is 10.1. The Bertz CT molecular complexity index is 479. The van der Waals surface area contributed by atoms with Gasteiger partial charge in [0.1, 0.15) is 0 Å². The molecule has 15 heavy (non-hydrogen) atoms. The van der Waals surface area contributed by atoms with Crippen molar-refractivity contribution in [1.29, 1.82) is 0 Å². The van der Waals surface area contributed by atoms with E-state index in [1.54, 1.807) is 17.4 Å². The van der Waals surface area contributed by atoms with Gasteiger partial charge in [-0.15, -0.1) is 11.3 Å². The molecule has 2 aromatic rings. The molecule has 2 rings (SSSR count). The average Bonchev–Trinajstić information content (AvgIpc) is 2.57. The first-order chi connectivity index (χ1) is 7.16. The van der Waals surface area contributed by atoms with Gasteiger partial charge in [-0.1, -0.05) is 17.7 Å². The molecule has 0 fully saturated rings. The Morgan fingerprint density at radius 1 is 1.47 bits per heavy atom. The minimum absolute atomic E-state index is 0.678. The monoisotopic (exact) mass is 238 g/mol. The molecule has 0 aliphatic rings. The Hall–Kier alpha value is -1.06. The molecule has 2 N–H and O–H groups in total. The van der Waals surface area contributed by atoms with Gasteiger partial charge in [0.2, 0.25) is 0 Å². The Morgan fingerprint density at radius 2 is 2.27 bits per heavy atom. The summed E-state index contributed by atoms with van der Waals surface area (Å²) in [6.07, 6.45) is 0.833. The highest BCUT2D eigenvalue weighted by Crippen LogP contribution is 2.23. The fourth-order valence-electron chi connectivity index (χ4n) is 1.40. The van der Waals surface area contributed by atoms with Crippen molar-refractivity contribution in [3.8, 4) is 0 Å². The van der Waals surface area contributed by atoms with E-state index in [-0.39, 0.29) is 0 Å². The van der Waals surface area contributed by atoms with Gasteiger partial charge in [0.05, 0.1) is 11.2 Å². The predicted molar refractivity (Wildman–Crippen MR) is 65.5 cm³/mol. The van der Waals surface area contributed by atoms with Crippen molar-refractivity contribution in [2.45, 2.75) is 13.3 Å². The van der Waals surface area contributed by atoms with Crippen molar-refractivity contribution in [1.82, 2.24) is 4.98 Å². The number of thiazole rings is 1. The number of aromatic nitrogens is 1. The summed E-state index contributed by atoms with van der Waals surface area (Å²) in [7, 11) is 0. The molecular weight excluding hydrogens is 228 g/mol. The topological polar surface area (TPSA) is 38.9 Å². The molecule has 0 spiro atoms. The number of halogens is 1. The molecule has 0 unspecified atom stereocenters. The lowest BCUT2D eigenvalue weighted by Gasteiger charge is -2.04. The number of benzene rings is 1. The Labute approximate surface area is 97.7 Å². The smallest absolute Gasteiger partial charge is 0.0797 e. The summed E-state index contributed by atoms with van der Waals surface area (Å²) < 4.78 is 0. The van der Waals surface area contributed by atoms with Crippen LogP contribution in [-0.4, -0.2) is 4.98 Å². The summed E-state index contributed by atoms with van der Waals surface area (Å²) in [5, 5.41) is 0.678. The van der Waals surface area contributed by atoms with Gasteiger partial charge in [-0.3, -0.25) is 0 Å². The maximum atomic E-state index is 5.89. The summed E-state index contributed by atoms with van der Waals surface area (Å²) in [5.41, 5.74) is 10.7. The van der Waals surface area contributed by atoms with E-state index in [1.165, 1.54) is 4.88 Å². The lowest BCUT2D eigenvalue weighted by molar-refractivity contribution is 1.15. The molecule has 1 aromatic heterocycles. The van der Waals surface area contributed by atoms with Crippen molar-refractivity contribution in [3.63, 3.8) is 0 Å². The van der Waals surface area contributed by atoms with Crippen LogP contribution in [0.25, 0.3) is 0 Å². The molecule has 0 saturated heterocycles. The van der Waals surface area contributed by atoms with E-state index in [0.717, 1.165) is 23.4 Å². The standard InChI is InChI=1S/C11H11ClN2S/c1-7-11(15-6-14-7)4-8-2-3-9(12)5-10(8)13/h2-3,5-6H,4,13H2,1H3. The van der Waals surface area contributed by atoms with Gasteiger partial charge in [-0.05, 0) is 24.6 Å². The molecule has 0 aliphatic heterocycles. The molecule has 0 bridgehead atoms. The maximum Gasteiger partial charge on any atom is 0.0797 e. The van der Waals surface area contributed by atoms with Crippen LogP contribution in [0.2, 0.25) is 5.02 Å². The SMILES string of the molecule is Cc1ncsc1Cc1ccc(Cl)cc1N. The van der Waals surface area contributed by atoms with Crippen LogP contribution < -0.4 is 5.73 Å². The van der Waals surface area contributed by atoms with E-state index >= 15 is 0 Å². The van der Waals surface area contributed by atoms with Gasteiger partial charge in [-0.2, -0.15) is 0 Å². The van der Waals surface area contributed by atoms with Crippen LogP contribution >= 0.6 is 22.9 Å². The quantitative estimate of drug-likeness (QED) is 0.816. The van der Waals surface area contributed by atoms with E-state index < -0.39 is 0 Å². The third kappa shape index (κ3) is 2.30. The first-order valence-corrected chi connectivity index (χ1v) is 5.85. The van der Waals surface area contributed by atoms with Gasteiger partial charge in [0, 0.05) is 22.0 Å². The van der Waals surface area contributed by atoms with Crippen molar-refractivity contribution >= 4 is 28.6 Å². The number of aryl methyl sites for hydroxylation is 1. The minimum Gasteiger partial charge on any atom is -0.398 e. The molecule has 1 heterocycles. The fraction of sp³-hybridized carbons (Fsp3) is 0.182. The normalized spacial score (nSPS) is 10.5. The zero-order valence-corrected chi connectivity index (χ0v) is 9.90. The number of rotatable bonds is 2. The molecular formula is C11H11ClN2S. The summed E-state index contributed by atoms with van der Waals surface area (Å²) >= 11 is 7.50. The van der Waals surface area contributed by atoms with E-state index in [0.29, 0.717) is 5.02 Å². The maximum absolute atomic E-state index is 5.89. The van der Waals surface area contributed by atoms with Crippen LogP contribution in [0.5, 0.6) is 0 Å². The summed E-state index contributed by atoms with van der Waals surface area (Å²) in [6.45, 7) is 2.01. The van der Waals surface area contributed by atoms with Gasteiger partial charge < -0.3 is 5.73 Å². The van der Waals surface area contributed by atoms with Crippen LogP contribution in [0.15, 0.2) is 23.7 Å². The Kier molecular flexibility index (Phi) is 2.93. The lowest BCUT2D eigenvalue weighted by Crippen LogP contribution is -1.95. The average molecular weight is 239 g/mol. The molecule has 78 valence electrons. The number of nitrogens with two attached hydrogens (primary N) is 1. The van der Waals surface area contributed by atoms with Crippen LogP contribution in [0.1, 0.15) is 16.1 Å². The molecule has 0 radical (unpaired) electrons. The first-order valence-electron chi connectivity index (χ1n) is 4.59. The molecule has 0 saturated carbocycles. The van der Waals surface area contributed by atoms with Crippen molar-refractivity contribution < 1.29 is 0 Å². The van der Waals surface area contributed by atoms with Crippen LogP contribution in [0.4, 0.5) is 5.69 Å². The second-order valence-electron chi connectivity index (χ2n) is 3.38. The Morgan fingerprint density at radius 3 is 2.87 bits per heavy atom. The van der Waals surface area contributed by atoms with Crippen molar-refractivity contribution in [2.75, 3.05) is 5.73 Å². The third-order valence-electron chi connectivity index (χ3n) is 2.30. The molecule has 4 heteroatoms. The number of nitrogens with zero attached hydrogens (tertiary/aromatic N) is 1. The number of anilines is 1. The molecule has 1 aromatic carbocycles. The van der Waals surface area contributed by atoms with Gasteiger partial charge in [-0.25, -0.2) is 4.98 Å². The highest BCUT2D eigenvalue weighted by Gasteiger charge is 2.05. The second kappa shape index (κ2) is 4.21. The van der Waals surface area contributed by atoms with Crippen molar-refractivity contribution in [2.24, 2.45) is 0 Å². The highest BCUT2D eigenvalue weighted by molar-refractivity contribution is 7.09. The molecule has 0 atom stereocenters. The number of hydrogen-bond donors (Lipinski definition) is 1. The number of nitrogen functional groups attached to an aromatic ring is 1. The highest BCUT2D eigenvalue weighted by atomic mass is 35.5. The van der Waals surface area contributed by atoms with Gasteiger partial charge >= 0.3 is 0 Å². The zero-order valence-electron chi connectivity index (χ0n) is 8.33. The predicted octanol–water partition coefficient (Wildman–Crippen LogP) is 3.28. The largest absolute Gasteiger partial charge is 0.398 e. The van der Waals surface area contributed by atoms with Crippen LogP contribution in [0, 0.1) is 6.92 Å². The summed E-state index contributed by atoms with van der Waals surface area (Å²) in [6, 6.07) is 5.62. The number of hydrogen-bond acceptors (Lipinski definition) is 3. The first kappa shape index (κ1) is 10.5.